The molecule has 0 aromatic heterocycles. The number of esters is 1. The summed E-state index contributed by atoms with van der Waals surface area (Å²) in [4.78, 5) is 10.7. The van der Waals surface area contributed by atoms with Crippen molar-refractivity contribution in [1.29, 1.82) is 0 Å². The fraction of sp³-hybridized carbons (Fsp3) is 0.300. The molecule has 0 aliphatic carbocycles. The molecule has 1 atom stereocenters. The van der Waals surface area contributed by atoms with E-state index in [0.717, 1.165) is 0 Å². The first kappa shape index (κ1) is 9.74. The van der Waals surface area contributed by atoms with Crippen LogP contribution in [0.2, 0.25) is 0 Å². The number of aliphatic hydroxyl groups is 1. The SMILES string of the molecule is CC(=O)Oc1ccccc1C(C)O. The summed E-state index contributed by atoms with van der Waals surface area (Å²) < 4.78 is 4.91. The molecule has 0 amide bonds. The summed E-state index contributed by atoms with van der Waals surface area (Å²) in [5.41, 5.74) is 0.623. The van der Waals surface area contributed by atoms with Crippen molar-refractivity contribution in [3.8, 4) is 5.75 Å². The van der Waals surface area contributed by atoms with Gasteiger partial charge in [-0.3, -0.25) is 4.79 Å². The summed E-state index contributed by atoms with van der Waals surface area (Å²) in [5.74, 6) is 0.0399. The minimum atomic E-state index is -0.629. The van der Waals surface area contributed by atoms with Crippen molar-refractivity contribution < 1.29 is 14.6 Å². The number of ether oxygens (including phenoxy) is 1. The van der Waals surface area contributed by atoms with Crippen LogP contribution in [0.15, 0.2) is 24.3 Å². The first-order chi connectivity index (χ1) is 6.11. The van der Waals surface area contributed by atoms with Gasteiger partial charge in [0.05, 0.1) is 6.10 Å². The second-order valence-electron chi connectivity index (χ2n) is 2.81. The second kappa shape index (κ2) is 4.05. The predicted octanol–water partition coefficient (Wildman–Crippen LogP) is 1.67. The van der Waals surface area contributed by atoms with Crippen molar-refractivity contribution in [3.05, 3.63) is 29.8 Å². The molecule has 70 valence electrons. The topological polar surface area (TPSA) is 46.5 Å². The molecule has 1 N–H and O–H groups in total. The molecular weight excluding hydrogens is 168 g/mol. The maximum atomic E-state index is 10.7. The van der Waals surface area contributed by atoms with E-state index < -0.39 is 6.10 Å². The van der Waals surface area contributed by atoms with Crippen molar-refractivity contribution in [3.63, 3.8) is 0 Å². The van der Waals surface area contributed by atoms with Gasteiger partial charge in [0, 0.05) is 12.5 Å². The lowest BCUT2D eigenvalue weighted by molar-refractivity contribution is -0.131. The van der Waals surface area contributed by atoms with Gasteiger partial charge in [-0.25, -0.2) is 0 Å². The van der Waals surface area contributed by atoms with E-state index >= 15 is 0 Å². The summed E-state index contributed by atoms with van der Waals surface area (Å²) in [6.45, 7) is 2.96. The minimum absolute atomic E-state index is 0.381. The second-order valence-corrected chi connectivity index (χ2v) is 2.81. The van der Waals surface area contributed by atoms with E-state index in [1.807, 2.05) is 0 Å². The Bertz CT molecular complexity index is 305. The van der Waals surface area contributed by atoms with Gasteiger partial charge in [-0.05, 0) is 13.0 Å². The molecule has 0 bridgehead atoms. The standard InChI is InChI=1S/C10H12O3/c1-7(11)9-5-3-4-6-10(9)13-8(2)12/h3-7,11H,1-2H3. The van der Waals surface area contributed by atoms with Gasteiger partial charge in [-0.2, -0.15) is 0 Å². The average molecular weight is 180 g/mol. The van der Waals surface area contributed by atoms with Gasteiger partial charge in [0.15, 0.2) is 0 Å². The fourth-order valence-electron chi connectivity index (χ4n) is 1.07. The summed E-state index contributed by atoms with van der Waals surface area (Å²) in [7, 11) is 0. The smallest absolute Gasteiger partial charge is 0.308 e. The van der Waals surface area contributed by atoms with Gasteiger partial charge in [-0.15, -0.1) is 0 Å². The third-order valence-corrected chi connectivity index (χ3v) is 1.62. The van der Waals surface area contributed by atoms with E-state index in [1.165, 1.54) is 6.92 Å². The molecule has 0 spiro atoms. The van der Waals surface area contributed by atoms with E-state index in [4.69, 9.17) is 4.74 Å². The van der Waals surface area contributed by atoms with E-state index in [2.05, 4.69) is 0 Å². The third kappa shape index (κ3) is 2.56. The van der Waals surface area contributed by atoms with E-state index in [9.17, 15) is 9.90 Å². The lowest BCUT2D eigenvalue weighted by atomic mass is 10.1. The summed E-state index contributed by atoms with van der Waals surface area (Å²) >= 11 is 0. The van der Waals surface area contributed by atoms with Gasteiger partial charge in [0.25, 0.3) is 0 Å². The third-order valence-electron chi connectivity index (χ3n) is 1.62. The van der Waals surface area contributed by atoms with Crippen LogP contribution in [0.1, 0.15) is 25.5 Å². The Balaban J connectivity index is 2.97. The van der Waals surface area contributed by atoms with Crippen LogP contribution in [0.3, 0.4) is 0 Å². The molecule has 0 fully saturated rings. The quantitative estimate of drug-likeness (QED) is 0.556. The molecule has 1 rings (SSSR count). The molecule has 0 saturated heterocycles. The zero-order valence-electron chi connectivity index (χ0n) is 7.65. The molecule has 0 radical (unpaired) electrons. The highest BCUT2D eigenvalue weighted by Crippen LogP contribution is 2.24. The van der Waals surface area contributed by atoms with Gasteiger partial charge in [-0.1, -0.05) is 18.2 Å². The van der Waals surface area contributed by atoms with Crippen LogP contribution in [0, 0.1) is 0 Å². The van der Waals surface area contributed by atoms with Crippen LogP contribution in [-0.4, -0.2) is 11.1 Å². The fourth-order valence-corrected chi connectivity index (χ4v) is 1.07. The van der Waals surface area contributed by atoms with Crippen LogP contribution < -0.4 is 4.74 Å². The van der Waals surface area contributed by atoms with Gasteiger partial charge >= 0.3 is 5.97 Å². The molecule has 0 saturated carbocycles. The van der Waals surface area contributed by atoms with Gasteiger partial charge in [0.1, 0.15) is 5.75 Å². The molecule has 1 aromatic carbocycles. The molecule has 0 aliphatic rings. The number of carbonyl (C=O) groups excluding carboxylic acids is 1. The van der Waals surface area contributed by atoms with E-state index in [0.29, 0.717) is 11.3 Å². The lowest BCUT2D eigenvalue weighted by Crippen LogP contribution is -2.05. The Morgan fingerprint density at radius 1 is 1.46 bits per heavy atom. The number of para-hydroxylation sites is 1. The molecule has 3 nitrogen and oxygen atoms in total. The molecule has 0 heterocycles. The van der Waals surface area contributed by atoms with Crippen molar-refractivity contribution >= 4 is 5.97 Å². The zero-order chi connectivity index (χ0) is 9.84. The number of aliphatic hydroxyl groups excluding tert-OH is 1. The Labute approximate surface area is 77.0 Å². The predicted molar refractivity (Wildman–Crippen MR) is 48.4 cm³/mol. The highest BCUT2D eigenvalue weighted by Gasteiger charge is 2.09. The molecule has 13 heavy (non-hydrogen) atoms. The van der Waals surface area contributed by atoms with Crippen LogP contribution in [0.5, 0.6) is 5.75 Å². The zero-order valence-corrected chi connectivity index (χ0v) is 7.65. The lowest BCUT2D eigenvalue weighted by Gasteiger charge is -2.10. The van der Waals surface area contributed by atoms with Gasteiger partial charge in [0.2, 0.25) is 0 Å². The first-order valence-corrected chi connectivity index (χ1v) is 4.06. The normalized spacial score (nSPS) is 12.2. The van der Waals surface area contributed by atoms with E-state index in [1.54, 1.807) is 31.2 Å². The Hall–Kier alpha value is -1.35. The Morgan fingerprint density at radius 3 is 2.62 bits per heavy atom. The van der Waals surface area contributed by atoms with Crippen LogP contribution in [-0.2, 0) is 4.79 Å². The maximum absolute atomic E-state index is 10.7. The van der Waals surface area contributed by atoms with Crippen LogP contribution in [0.4, 0.5) is 0 Å². The Kier molecular flexibility index (Phi) is 3.03. The molecule has 3 heteroatoms. The van der Waals surface area contributed by atoms with Crippen molar-refractivity contribution in [2.24, 2.45) is 0 Å². The maximum Gasteiger partial charge on any atom is 0.308 e. The minimum Gasteiger partial charge on any atom is -0.426 e. The number of benzene rings is 1. The summed E-state index contributed by atoms with van der Waals surface area (Å²) in [5, 5.41) is 9.33. The highest BCUT2D eigenvalue weighted by atomic mass is 16.5. The van der Waals surface area contributed by atoms with Crippen molar-refractivity contribution in [1.82, 2.24) is 0 Å². The number of carbonyl (C=O) groups is 1. The molecule has 1 aromatic rings. The van der Waals surface area contributed by atoms with Crippen molar-refractivity contribution in [2.75, 3.05) is 0 Å². The summed E-state index contributed by atoms with van der Waals surface area (Å²) in [6.07, 6.45) is -0.629. The average Bonchev–Trinajstić information content (AvgIpc) is 2.03. The number of rotatable bonds is 2. The van der Waals surface area contributed by atoms with Gasteiger partial charge < -0.3 is 9.84 Å². The van der Waals surface area contributed by atoms with Crippen LogP contribution in [0.25, 0.3) is 0 Å². The first-order valence-electron chi connectivity index (χ1n) is 4.06. The number of hydrogen-bond acceptors (Lipinski definition) is 3. The highest BCUT2D eigenvalue weighted by molar-refractivity contribution is 5.69. The monoisotopic (exact) mass is 180 g/mol. The molecule has 1 unspecified atom stereocenters. The molecule has 0 aliphatic heterocycles. The Morgan fingerprint density at radius 2 is 2.08 bits per heavy atom. The molecular formula is C10H12O3. The van der Waals surface area contributed by atoms with Crippen LogP contribution >= 0.6 is 0 Å². The number of hydrogen-bond donors (Lipinski definition) is 1. The van der Waals surface area contributed by atoms with E-state index in [-0.39, 0.29) is 5.97 Å². The largest absolute Gasteiger partial charge is 0.426 e. The summed E-state index contributed by atoms with van der Waals surface area (Å²) in [6, 6.07) is 6.92. The van der Waals surface area contributed by atoms with Crippen molar-refractivity contribution in [2.45, 2.75) is 20.0 Å².